The van der Waals surface area contributed by atoms with Gasteiger partial charge in [-0.1, -0.05) is 64.9 Å². The number of carbonyl (C=O) groups excluding carboxylic acids is 4. The van der Waals surface area contributed by atoms with Crippen LogP contribution < -0.4 is 52.7 Å². The Labute approximate surface area is 661 Å². The number of hydrogen-bond donors (Lipinski definition) is 1. The molecule has 5 unspecified atom stereocenters. The van der Waals surface area contributed by atoms with Crippen LogP contribution in [-0.2, 0) is 30.1 Å². The second-order valence-electron chi connectivity index (χ2n) is 24.0. The maximum Gasteiger partial charge on any atom is 0.421 e. The molecule has 1 amide bonds. The zero-order valence-electron chi connectivity index (χ0n) is 62.5. The van der Waals surface area contributed by atoms with Gasteiger partial charge in [0.05, 0.1) is 17.7 Å². The van der Waals surface area contributed by atoms with Crippen LogP contribution in [0.1, 0.15) is 96.6 Å². The Hall–Kier alpha value is -10.6. The lowest BCUT2D eigenvalue weighted by atomic mass is 10.2. The second-order valence-corrected chi connectivity index (χ2v) is 26.1. The smallest absolute Gasteiger partial charge is 0.421 e. The van der Waals surface area contributed by atoms with Gasteiger partial charge >= 0.3 is 12.1 Å². The van der Waals surface area contributed by atoms with Gasteiger partial charge in [-0.25, -0.2) is 29.7 Å². The molecule has 0 bridgehead atoms. The monoisotopic (exact) mass is 1610 g/mol. The van der Waals surface area contributed by atoms with E-state index in [1.165, 1.54) is 38.1 Å². The summed E-state index contributed by atoms with van der Waals surface area (Å²) in [5, 5.41) is 4.25. The molecule has 0 saturated carbocycles. The van der Waals surface area contributed by atoms with E-state index >= 15 is 0 Å². The van der Waals surface area contributed by atoms with Gasteiger partial charge in [0.25, 0.3) is 5.91 Å². The fourth-order valence-corrected chi connectivity index (χ4v) is 9.64. The minimum absolute atomic E-state index is 0.0223. The number of aryl methyl sites for hydroxylation is 4. The lowest BCUT2D eigenvalue weighted by molar-refractivity contribution is -0.150. The Morgan fingerprint density at radius 2 is 0.655 bits per heavy atom. The van der Waals surface area contributed by atoms with Crippen molar-refractivity contribution in [2.75, 3.05) is 13.7 Å². The molecule has 0 saturated heterocycles. The van der Waals surface area contributed by atoms with Gasteiger partial charge in [0.2, 0.25) is 29.4 Å². The molecule has 0 radical (unpaired) electrons. The molecule has 5 atom stereocenters. The zero-order chi connectivity index (χ0) is 80.8. The number of halogens is 8. The Balaban J connectivity index is 0.000000215. The number of nitrogens with zero attached hydrogens (tertiary/aromatic N) is 5. The van der Waals surface area contributed by atoms with Crippen molar-refractivity contribution in [1.29, 1.82) is 0 Å². The number of ketones is 2. The average Bonchev–Trinajstić information content (AvgIpc) is 0.809. The first-order valence-electron chi connectivity index (χ1n) is 34.0. The van der Waals surface area contributed by atoms with Crippen LogP contribution in [0.25, 0.3) is 0 Å². The Kier molecular flexibility index (Phi) is 34.9. The van der Waals surface area contributed by atoms with Gasteiger partial charge < -0.3 is 57.4 Å². The topological polar surface area (TPSA) is 246 Å². The van der Waals surface area contributed by atoms with Crippen LogP contribution in [-0.4, -0.2) is 92.5 Å². The molecule has 5 heterocycles. The third-order valence-electron chi connectivity index (χ3n) is 14.6. The van der Waals surface area contributed by atoms with Crippen LogP contribution in [0.3, 0.4) is 0 Å². The Morgan fingerprint density at radius 3 is 0.918 bits per heavy atom. The average molecular weight is 1610 g/mol. The van der Waals surface area contributed by atoms with E-state index in [0.29, 0.717) is 96.2 Å². The summed E-state index contributed by atoms with van der Waals surface area (Å²) in [7, 11) is 1.57. The van der Waals surface area contributed by atoms with Gasteiger partial charge in [-0.3, -0.25) is 14.4 Å². The number of benzene rings is 5. The van der Waals surface area contributed by atoms with Gasteiger partial charge in [-0.2, -0.15) is 13.2 Å². The number of Topliss-reactive ketones (excluding diaryl/α,β-unsaturated/α-hetero) is 2. The normalized spacial score (nSPS) is 11.9. The van der Waals surface area contributed by atoms with Gasteiger partial charge in [-0.05, 0) is 263 Å². The van der Waals surface area contributed by atoms with E-state index in [4.69, 9.17) is 110 Å². The molecule has 110 heavy (non-hydrogen) atoms. The number of ether oxygens (including phenoxy) is 11. The van der Waals surface area contributed by atoms with Gasteiger partial charge in [0.15, 0.2) is 36.0 Å². The fourth-order valence-electron chi connectivity index (χ4n) is 8.45. The molecular weight excluding hydrogens is 1530 g/mol. The number of alkyl halides is 3. The highest BCUT2D eigenvalue weighted by atomic mass is 35.5. The molecule has 0 spiro atoms. The van der Waals surface area contributed by atoms with Crippen molar-refractivity contribution in [3.8, 4) is 86.9 Å². The summed E-state index contributed by atoms with van der Waals surface area (Å²) in [6, 6.07) is 41.8. The van der Waals surface area contributed by atoms with Crippen molar-refractivity contribution < 1.29 is 84.5 Å². The molecular formula is C81H82Cl5F3N6O15. The summed E-state index contributed by atoms with van der Waals surface area (Å²) in [5.74, 6) is 5.61. The molecule has 582 valence electrons. The SMILES string of the molecule is CC(=O)C(C)Oc1ccc(Oc2ncc(C)cc2Cl)cc1.CC(=O)C(C)Oc1ccc(Oc2ncc(Cl)cc2C(F)(F)F)cc1.CCC(C)Oc1ccc(Oc2ncc(C)cc2Cl)cc1.CCOC(=O)C(C)Oc1ccc(Oc2ncc(C)cc2Cl)cc1.CNC(=O)C(C)Oc1ccc(Oc2ncc(C)cc2Cl)cc1. The van der Waals surface area contributed by atoms with Crippen molar-refractivity contribution in [2.45, 2.75) is 133 Å². The lowest BCUT2D eigenvalue weighted by Gasteiger charge is -2.14. The Morgan fingerprint density at radius 1 is 0.391 bits per heavy atom. The maximum absolute atomic E-state index is 13.0. The highest BCUT2D eigenvalue weighted by Crippen LogP contribution is 2.39. The highest BCUT2D eigenvalue weighted by Gasteiger charge is 2.36. The van der Waals surface area contributed by atoms with E-state index < -0.39 is 48.0 Å². The summed E-state index contributed by atoms with van der Waals surface area (Å²) in [4.78, 5) is 65.4. The number of likely N-dealkylation sites (N-methyl/N-ethyl adjacent to an activating group) is 1. The number of amides is 1. The number of pyridine rings is 5. The summed E-state index contributed by atoms with van der Waals surface area (Å²) < 4.78 is 99.1. The first-order valence-corrected chi connectivity index (χ1v) is 35.9. The van der Waals surface area contributed by atoms with E-state index in [0.717, 1.165) is 46.7 Å². The van der Waals surface area contributed by atoms with Gasteiger partial charge in [0, 0.05) is 38.0 Å². The van der Waals surface area contributed by atoms with E-state index in [1.807, 2.05) is 65.0 Å². The molecule has 5 aromatic carbocycles. The molecule has 5 aromatic heterocycles. The molecule has 21 nitrogen and oxygen atoms in total. The van der Waals surface area contributed by atoms with Crippen molar-refractivity contribution >= 4 is 81.4 Å². The van der Waals surface area contributed by atoms with Crippen molar-refractivity contribution in [3.63, 3.8) is 0 Å². The van der Waals surface area contributed by atoms with E-state index in [9.17, 15) is 32.3 Å². The second kappa shape index (κ2) is 43.5. The largest absolute Gasteiger partial charge is 0.491 e. The molecule has 1 N–H and O–H groups in total. The first kappa shape index (κ1) is 88.3. The number of hydrogen-bond acceptors (Lipinski definition) is 20. The highest BCUT2D eigenvalue weighted by molar-refractivity contribution is 6.33. The van der Waals surface area contributed by atoms with Crippen LogP contribution in [0, 0.1) is 27.7 Å². The van der Waals surface area contributed by atoms with Crippen LogP contribution in [0.2, 0.25) is 25.1 Å². The summed E-state index contributed by atoms with van der Waals surface area (Å²) in [6.07, 6.45) is 2.05. The Bertz CT molecular complexity index is 4630. The van der Waals surface area contributed by atoms with Crippen LogP contribution in [0.5, 0.6) is 86.9 Å². The summed E-state index contributed by atoms with van der Waals surface area (Å²) in [6.45, 7) is 23.4. The first-order chi connectivity index (χ1) is 52.2. The standard InChI is InChI=1S/C17H18ClNO4.C16H13ClF3NO3.C16H17ClN2O3.C16H16ClNO3.C16H18ClNO2/c1-4-21-17(20)12(3)22-13-5-7-14(8-6-13)23-16-15(18)9-11(2)10-19-16;1-9(22)10(2)23-12-3-5-13(6-4-12)24-15-14(16(18,19)20)7-11(17)8-21-15;1-10-8-14(17)16(19-9-10)22-13-6-4-12(5-7-13)21-11(2)15(20)18-3;1-10-8-15(17)16(18-9-10)21-14-6-4-13(5-7-14)20-12(3)11(2)19;1-4-12(3)19-13-5-7-14(8-6-13)20-16-15(17)9-11(2)10-18-16/h5-10,12H,4H2,1-3H3;3-8,10H,1-2H3;4-9,11H,1-3H3,(H,18,20);4-9,12H,1-3H3;5-10,12H,4H2,1-3H3. The minimum atomic E-state index is -4.65. The fraction of sp³-hybridized carbons (Fsp3) is 0.272. The van der Waals surface area contributed by atoms with E-state index in [-0.39, 0.29) is 34.3 Å². The maximum atomic E-state index is 13.0. The van der Waals surface area contributed by atoms with Crippen LogP contribution in [0.4, 0.5) is 13.2 Å². The molecule has 0 aliphatic carbocycles. The number of aromatic nitrogens is 5. The molecule has 10 aromatic rings. The van der Waals surface area contributed by atoms with E-state index in [2.05, 4.69) is 37.2 Å². The predicted molar refractivity (Wildman–Crippen MR) is 416 cm³/mol. The molecule has 0 aliphatic rings. The number of esters is 1. The van der Waals surface area contributed by atoms with Crippen molar-refractivity contribution in [1.82, 2.24) is 30.2 Å². The van der Waals surface area contributed by atoms with Gasteiger partial charge in [0.1, 0.15) is 83.1 Å². The van der Waals surface area contributed by atoms with Crippen LogP contribution >= 0.6 is 58.0 Å². The molecule has 0 aliphatic heterocycles. The summed E-state index contributed by atoms with van der Waals surface area (Å²) in [5.41, 5.74) is 2.82. The summed E-state index contributed by atoms with van der Waals surface area (Å²) >= 11 is 29.9. The van der Waals surface area contributed by atoms with Gasteiger partial charge in [-0.15, -0.1) is 0 Å². The van der Waals surface area contributed by atoms with Crippen molar-refractivity contribution in [3.05, 3.63) is 236 Å². The molecule has 29 heteroatoms. The molecule has 0 fully saturated rings. The third kappa shape index (κ3) is 30.1. The number of carbonyl (C=O) groups is 4. The van der Waals surface area contributed by atoms with E-state index in [1.54, 1.807) is 157 Å². The minimum Gasteiger partial charge on any atom is -0.491 e. The van der Waals surface area contributed by atoms with Crippen molar-refractivity contribution in [2.24, 2.45) is 0 Å². The van der Waals surface area contributed by atoms with Crippen LogP contribution in [0.15, 0.2) is 183 Å². The quantitative estimate of drug-likeness (QED) is 0.0495. The predicted octanol–water partition coefficient (Wildman–Crippen LogP) is 21.6. The number of rotatable bonds is 26. The number of nitrogens with one attached hydrogen (secondary N) is 1. The zero-order valence-corrected chi connectivity index (χ0v) is 66.3. The third-order valence-corrected chi connectivity index (χ3v) is 15.9. The molecule has 10 rings (SSSR count). The lowest BCUT2D eigenvalue weighted by Crippen LogP contribution is -2.33.